The molecule has 3 unspecified atom stereocenters. The van der Waals surface area contributed by atoms with Crippen molar-refractivity contribution in [3.8, 4) is 0 Å². The van der Waals surface area contributed by atoms with Crippen molar-refractivity contribution in [3.05, 3.63) is 29.3 Å². The summed E-state index contributed by atoms with van der Waals surface area (Å²) in [6.45, 7) is 4.02. The Hall–Kier alpha value is -1.68. The number of alkyl halides is 1. The van der Waals surface area contributed by atoms with E-state index < -0.39 is 41.5 Å². The molecule has 3 aliphatic rings. The van der Waals surface area contributed by atoms with Crippen LogP contribution in [-0.2, 0) is 19.1 Å². The number of carbonyl (C=O) groups excluding carboxylic acids is 3. The van der Waals surface area contributed by atoms with Crippen LogP contribution in [0.4, 0.5) is 5.69 Å². The van der Waals surface area contributed by atoms with Crippen LogP contribution in [0.25, 0.3) is 0 Å². The minimum atomic E-state index is -1.15. The second-order valence-corrected chi connectivity index (χ2v) is 10.6. The number of nitrogens with zero attached hydrogens (tertiary/aromatic N) is 1. The van der Waals surface area contributed by atoms with Crippen LogP contribution in [0.3, 0.4) is 0 Å². The van der Waals surface area contributed by atoms with Crippen molar-refractivity contribution in [2.75, 3.05) is 18.5 Å². The highest BCUT2D eigenvalue weighted by molar-refractivity contribution is 9.09. The number of likely N-dealkylation sites (tertiary alicyclic amines) is 1. The number of aliphatic hydroxyl groups is 1. The summed E-state index contributed by atoms with van der Waals surface area (Å²) >= 11 is 9.60. The highest BCUT2D eigenvalue weighted by atomic mass is 79.9. The van der Waals surface area contributed by atoms with Crippen molar-refractivity contribution in [1.82, 2.24) is 10.2 Å². The smallest absolute Gasteiger partial charge is 0.250 e. The fraction of sp³-hybridized carbons (Fsp3) is 0.609. The van der Waals surface area contributed by atoms with Gasteiger partial charge in [0.15, 0.2) is 0 Å². The van der Waals surface area contributed by atoms with E-state index in [1.807, 2.05) is 13.8 Å². The number of hydrogen-bond acceptors (Lipinski definition) is 5. The molecule has 33 heavy (non-hydrogen) atoms. The van der Waals surface area contributed by atoms with E-state index in [1.54, 1.807) is 24.3 Å². The number of anilines is 1. The molecule has 10 heteroatoms. The van der Waals surface area contributed by atoms with E-state index in [0.717, 1.165) is 6.42 Å². The van der Waals surface area contributed by atoms with Gasteiger partial charge in [-0.2, -0.15) is 0 Å². The molecule has 1 aromatic rings. The lowest BCUT2D eigenvalue weighted by Gasteiger charge is -2.36. The van der Waals surface area contributed by atoms with E-state index in [9.17, 15) is 19.5 Å². The molecule has 2 bridgehead atoms. The van der Waals surface area contributed by atoms with Gasteiger partial charge in [-0.15, -0.1) is 0 Å². The fourth-order valence-electron chi connectivity index (χ4n) is 5.58. The van der Waals surface area contributed by atoms with Gasteiger partial charge in [0.1, 0.15) is 11.6 Å². The topological polar surface area (TPSA) is 108 Å². The Morgan fingerprint density at radius 3 is 2.61 bits per heavy atom. The molecule has 3 N–H and O–H groups in total. The highest BCUT2D eigenvalue weighted by Gasteiger charge is 2.76. The second kappa shape index (κ2) is 9.52. The van der Waals surface area contributed by atoms with Crippen LogP contribution in [-0.4, -0.2) is 69.5 Å². The van der Waals surface area contributed by atoms with Crippen molar-refractivity contribution in [2.45, 2.75) is 61.7 Å². The zero-order chi connectivity index (χ0) is 23.9. The molecule has 0 aliphatic carbocycles. The molecule has 0 aromatic heterocycles. The third kappa shape index (κ3) is 3.96. The Labute approximate surface area is 206 Å². The molecule has 1 aromatic carbocycles. The third-order valence-corrected chi connectivity index (χ3v) is 8.11. The maximum absolute atomic E-state index is 13.8. The first-order chi connectivity index (χ1) is 15.8. The fourth-order valence-corrected chi connectivity index (χ4v) is 6.65. The molecule has 180 valence electrons. The van der Waals surface area contributed by atoms with E-state index in [2.05, 4.69) is 26.6 Å². The molecule has 0 saturated carbocycles. The molecular formula is C23H29BrClN3O5. The van der Waals surface area contributed by atoms with Crippen LogP contribution in [0.2, 0.25) is 5.02 Å². The first-order valence-corrected chi connectivity index (χ1v) is 12.7. The first kappa shape index (κ1) is 24.4. The number of amides is 3. The Morgan fingerprint density at radius 2 is 2.00 bits per heavy atom. The van der Waals surface area contributed by atoms with E-state index in [1.165, 1.54) is 4.90 Å². The SMILES string of the molecule is CCCNC(=O)[C@H]1[C@@H]2OC3(CC2Br)C(C(=O)Nc2ccc(Cl)cc2)N([C@@H](CC)CO)C(=O)[C@H]13. The highest BCUT2D eigenvalue weighted by Crippen LogP contribution is 2.60. The summed E-state index contributed by atoms with van der Waals surface area (Å²) in [6.07, 6.45) is 1.15. The maximum Gasteiger partial charge on any atom is 0.250 e. The number of hydrogen-bond donors (Lipinski definition) is 3. The zero-order valence-electron chi connectivity index (χ0n) is 18.6. The number of fused-ring (bicyclic) bond motifs is 1. The number of halogens is 2. The monoisotopic (exact) mass is 541 g/mol. The maximum atomic E-state index is 13.8. The predicted octanol–water partition coefficient (Wildman–Crippen LogP) is 2.32. The molecule has 3 saturated heterocycles. The van der Waals surface area contributed by atoms with Crippen molar-refractivity contribution in [1.29, 1.82) is 0 Å². The predicted molar refractivity (Wildman–Crippen MR) is 127 cm³/mol. The molecule has 3 fully saturated rings. The van der Waals surface area contributed by atoms with E-state index in [-0.39, 0.29) is 23.2 Å². The average molecular weight is 543 g/mol. The largest absolute Gasteiger partial charge is 0.394 e. The van der Waals surface area contributed by atoms with Gasteiger partial charge >= 0.3 is 0 Å². The molecule has 1 spiro atoms. The van der Waals surface area contributed by atoms with E-state index in [0.29, 0.717) is 30.1 Å². The van der Waals surface area contributed by atoms with Crippen molar-refractivity contribution < 1.29 is 24.2 Å². The molecule has 3 aliphatic heterocycles. The summed E-state index contributed by atoms with van der Waals surface area (Å²) in [5.41, 5.74) is -0.614. The minimum absolute atomic E-state index is 0.168. The molecular weight excluding hydrogens is 514 g/mol. The molecule has 0 radical (unpaired) electrons. The van der Waals surface area contributed by atoms with Gasteiger partial charge in [-0.1, -0.05) is 41.4 Å². The van der Waals surface area contributed by atoms with Crippen LogP contribution < -0.4 is 10.6 Å². The molecule has 4 rings (SSSR count). The minimum Gasteiger partial charge on any atom is -0.394 e. The van der Waals surface area contributed by atoms with Gasteiger partial charge in [-0.25, -0.2) is 0 Å². The quantitative estimate of drug-likeness (QED) is 0.437. The Kier molecular flexibility index (Phi) is 7.05. The summed E-state index contributed by atoms with van der Waals surface area (Å²) in [6, 6.07) is 5.16. The summed E-state index contributed by atoms with van der Waals surface area (Å²) < 4.78 is 6.41. The van der Waals surface area contributed by atoms with Crippen LogP contribution in [0.5, 0.6) is 0 Å². The van der Waals surface area contributed by atoms with Crippen molar-refractivity contribution in [3.63, 3.8) is 0 Å². The lowest BCUT2D eigenvalue weighted by Crippen LogP contribution is -2.56. The van der Waals surface area contributed by atoms with E-state index in [4.69, 9.17) is 16.3 Å². The molecule has 7 atom stereocenters. The average Bonchev–Trinajstić information content (AvgIpc) is 3.38. The van der Waals surface area contributed by atoms with Gasteiger partial charge in [0.05, 0.1) is 30.6 Å². The molecule has 3 amide bonds. The zero-order valence-corrected chi connectivity index (χ0v) is 20.9. The van der Waals surface area contributed by atoms with Gasteiger partial charge in [0, 0.05) is 22.1 Å². The summed E-state index contributed by atoms with van der Waals surface area (Å²) in [4.78, 5) is 41.8. The summed E-state index contributed by atoms with van der Waals surface area (Å²) in [7, 11) is 0. The number of rotatable bonds is 8. The van der Waals surface area contributed by atoms with Crippen molar-refractivity contribution in [2.24, 2.45) is 11.8 Å². The van der Waals surface area contributed by atoms with Gasteiger partial charge in [0.2, 0.25) is 17.7 Å². The lowest BCUT2D eigenvalue weighted by molar-refractivity contribution is -0.144. The standard InChI is InChI=1S/C23H29BrClN3O5/c1-3-9-26-20(30)16-17-22(32)28(14(4-2)11-29)19(23(17)10-15(24)18(16)33-23)21(31)27-13-7-5-12(25)6-8-13/h5-8,14-19,29H,3-4,9-11H2,1-2H3,(H,26,30)(H,27,31)/t14-,15?,16+,17-,18+,19?,23?/m0/s1. The summed E-state index contributed by atoms with van der Waals surface area (Å²) in [5.74, 6) is -2.44. The Morgan fingerprint density at radius 1 is 1.30 bits per heavy atom. The van der Waals surface area contributed by atoms with Crippen LogP contribution >= 0.6 is 27.5 Å². The number of carbonyl (C=O) groups is 3. The second-order valence-electron chi connectivity index (χ2n) is 8.94. The van der Waals surface area contributed by atoms with Gasteiger partial charge < -0.3 is 25.4 Å². The van der Waals surface area contributed by atoms with Crippen LogP contribution in [0.1, 0.15) is 33.1 Å². The Bertz CT molecular complexity index is 927. The lowest BCUT2D eigenvalue weighted by atomic mass is 9.70. The van der Waals surface area contributed by atoms with Gasteiger partial charge in [0.25, 0.3) is 0 Å². The van der Waals surface area contributed by atoms with Gasteiger partial charge in [-0.3, -0.25) is 14.4 Å². The number of ether oxygens (including phenoxy) is 1. The number of nitrogens with one attached hydrogen (secondary N) is 2. The third-order valence-electron chi connectivity index (χ3n) is 7.01. The van der Waals surface area contributed by atoms with E-state index >= 15 is 0 Å². The number of benzene rings is 1. The van der Waals surface area contributed by atoms with Crippen molar-refractivity contribution >= 4 is 50.9 Å². The molecule has 3 heterocycles. The van der Waals surface area contributed by atoms with Crippen LogP contribution in [0, 0.1) is 11.8 Å². The summed E-state index contributed by atoms with van der Waals surface area (Å²) in [5, 5.41) is 16.3. The normalized spacial score (nSPS) is 33.2. The molecule has 8 nitrogen and oxygen atoms in total. The number of aliphatic hydroxyl groups excluding tert-OH is 1. The Balaban J connectivity index is 1.73. The van der Waals surface area contributed by atoms with Crippen LogP contribution in [0.15, 0.2) is 24.3 Å². The van der Waals surface area contributed by atoms with Gasteiger partial charge in [-0.05, 0) is 43.5 Å². The first-order valence-electron chi connectivity index (χ1n) is 11.4.